The molecule has 0 saturated heterocycles. The molecule has 1 amide bonds. The topological polar surface area (TPSA) is 49.3 Å². The van der Waals surface area contributed by atoms with Crippen LogP contribution in [0.3, 0.4) is 0 Å². The molecule has 1 aromatic carbocycles. The Morgan fingerprint density at radius 1 is 1.38 bits per heavy atom. The van der Waals surface area contributed by atoms with E-state index in [4.69, 9.17) is 5.11 Å². The second kappa shape index (κ2) is 6.12. The highest BCUT2D eigenvalue weighted by Gasteiger charge is 2.26. The highest BCUT2D eigenvalue weighted by molar-refractivity contribution is 7.20. The van der Waals surface area contributed by atoms with E-state index < -0.39 is 0 Å². The summed E-state index contributed by atoms with van der Waals surface area (Å²) in [5, 5.41) is 12.8. The molecule has 21 heavy (non-hydrogen) atoms. The van der Waals surface area contributed by atoms with Crippen LogP contribution in [0.5, 0.6) is 0 Å². The van der Waals surface area contributed by atoms with Gasteiger partial charge in [-0.2, -0.15) is 0 Å². The third-order valence-corrected chi connectivity index (χ3v) is 4.59. The molecule has 0 saturated carbocycles. The number of amides is 1. The molecule has 0 radical (unpaired) electrons. The van der Waals surface area contributed by atoms with Crippen molar-refractivity contribution in [3.8, 4) is 0 Å². The molecule has 0 aliphatic carbocycles. The lowest BCUT2D eigenvalue weighted by molar-refractivity contribution is 0.0889. The predicted molar refractivity (Wildman–Crippen MR) is 84.2 cm³/mol. The molecule has 2 rings (SSSR count). The highest BCUT2D eigenvalue weighted by atomic mass is 32.1. The molecular weight excluding hydrogens is 289 g/mol. The van der Waals surface area contributed by atoms with Gasteiger partial charge in [-0.05, 0) is 41.5 Å². The SMILES string of the molecule is CC(C)(C)C(CCO)NC(=O)c1cc2cc(F)ccc2s1. The quantitative estimate of drug-likeness (QED) is 0.907. The van der Waals surface area contributed by atoms with Gasteiger partial charge in [0.15, 0.2) is 0 Å². The summed E-state index contributed by atoms with van der Waals surface area (Å²) < 4.78 is 14.1. The van der Waals surface area contributed by atoms with Crippen molar-refractivity contribution in [2.75, 3.05) is 6.61 Å². The van der Waals surface area contributed by atoms with Gasteiger partial charge in [-0.3, -0.25) is 4.79 Å². The maximum atomic E-state index is 13.2. The molecule has 0 aliphatic heterocycles. The van der Waals surface area contributed by atoms with E-state index in [0.717, 1.165) is 10.1 Å². The maximum Gasteiger partial charge on any atom is 0.261 e. The van der Waals surface area contributed by atoms with Crippen molar-refractivity contribution in [3.63, 3.8) is 0 Å². The van der Waals surface area contributed by atoms with E-state index in [1.807, 2.05) is 20.8 Å². The third-order valence-electron chi connectivity index (χ3n) is 3.47. The predicted octanol–water partition coefficient (Wildman–Crippen LogP) is 3.57. The molecule has 114 valence electrons. The Hall–Kier alpha value is -1.46. The zero-order valence-electron chi connectivity index (χ0n) is 12.4. The zero-order valence-corrected chi connectivity index (χ0v) is 13.3. The van der Waals surface area contributed by atoms with Gasteiger partial charge < -0.3 is 10.4 Å². The minimum absolute atomic E-state index is 0.0276. The average Bonchev–Trinajstić information content (AvgIpc) is 2.80. The van der Waals surface area contributed by atoms with E-state index in [-0.39, 0.29) is 29.8 Å². The van der Waals surface area contributed by atoms with E-state index in [1.165, 1.54) is 23.5 Å². The largest absolute Gasteiger partial charge is 0.396 e. The summed E-state index contributed by atoms with van der Waals surface area (Å²) in [7, 11) is 0. The van der Waals surface area contributed by atoms with Crippen LogP contribution in [-0.2, 0) is 0 Å². The minimum atomic E-state index is -0.305. The number of benzene rings is 1. The van der Waals surface area contributed by atoms with Crippen LogP contribution in [0, 0.1) is 11.2 Å². The second-order valence-electron chi connectivity index (χ2n) is 6.20. The first kappa shape index (κ1) is 15.9. The van der Waals surface area contributed by atoms with Crippen molar-refractivity contribution in [2.24, 2.45) is 5.41 Å². The number of halogens is 1. The molecule has 0 spiro atoms. The van der Waals surface area contributed by atoms with Crippen molar-refractivity contribution < 1.29 is 14.3 Å². The summed E-state index contributed by atoms with van der Waals surface area (Å²) in [6.07, 6.45) is 0.509. The van der Waals surface area contributed by atoms with Crippen molar-refractivity contribution in [1.82, 2.24) is 5.32 Å². The average molecular weight is 309 g/mol. The number of carbonyl (C=O) groups is 1. The van der Waals surface area contributed by atoms with E-state index in [1.54, 1.807) is 12.1 Å². The van der Waals surface area contributed by atoms with Crippen LogP contribution < -0.4 is 5.32 Å². The molecule has 0 aliphatic rings. The number of hydrogen-bond acceptors (Lipinski definition) is 3. The summed E-state index contributed by atoms with van der Waals surface area (Å²) in [6.45, 7) is 6.09. The van der Waals surface area contributed by atoms with Crippen LogP contribution in [0.15, 0.2) is 24.3 Å². The molecule has 1 aromatic heterocycles. The molecule has 1 unspecified atom stereocenters. The van der Waals surface area contributed by atoms with Crippen molar-refractivity contribution in [2.45, 2.75) is 33.2 Å². The highest BCUT2D eigenvalue weighted by Crippen LogP contribution is 2.27. The summed E-state index contributed by atoms with van der Waals surface area (Å²) in [6, 6.07) is 6.09. The van der Waals surface area contributed by atoms with Crippen molar-refractivity contribution >= 4 is 27.3 Å². The lowest BCUT2D eigenvalue weighted by atomic mass is 9.85. The second-order valence-corrected chi connectivity index (χ2v) is 7.28. The van der Waals surface area contributed by atoms with Crippen molar-refractivity contribution in [3.05, 3.63) is 35.0 Å². The molecule has 2 N–H and O–H groups in total. The van der Waals surface area contributed by atoms with E-state index >= 15 is 0 Å². The summed E-state index contributed by atoms with van der Waals surface area (Å²) in [5.41, 5.74) is -0.138. The number of rotatable bonds is 4. The van der Waals surface area contributed by atoms with Crippen LogP contribution in [0.25, 0.3) is 10.1 Å². The number of aliphatic hydroxyl groups excluding tert-OH is 1. The van der Waals surface area contributed by atoms with Gasteiger partial charge in [-0.1, -0.05) is 20.8 Å². The van der Waals surface area contributed by atoms with Crippen LogP contribution in [0.1, 0.15) is 36.9 Å². The Labute approximate surface area is 127 Å². The summed E-state index contributed by atoms with van der Waals surface area (Å²) in [4.78, 5) is 12.9. The fourth-order valence-corrected chi connectivity index (χ4v) is 3.15. The first-order chi connectivity index (χ1) is 9.81. The minimum Gasteiger partial charge on any atom is -0.396 e. The smallest absolute Gasteiger partial charge is 0.261 e. The van der Waals surface area contributed by atoms with Crippen LogP contribution in [0.2, 0.25) is 0 Å². The van der Waals surface area contributed by atoms with Crippen LogP contribution >= 0.6 is 11.3 Å². The Kier molecular flexibility index (Phi) is 4.64. The van der Waals surface area contributed by atoms with Gasteiger partial charge in [0, 0.05) is 17.3 Å². The number of nitrogens with one attached hydrogen (secondary N) is 1. The Bertz CT molecular complexity index is 645. The fraction of sp³-hybridized carbons (Fsp3) is 0.438. The molecular formula is C16H20FNO2S. The Balaban J connectivity index is 2.21. The van der Waals surface area contributed by atoms with Gasteiger partial charge in [0.25, 0.3) is 5.91 Å². The van der Waals surface area contributed by atoms with Gasteiger partial charge in [0.1, 0.15) is 5.82 Å². The van der Waals surface area contributed by atoms with E-state index in [0.29, 0.717) is 11.3 Å². The number of fused-ring (bicyclic) bond motifs is 1. The molecule has 1 heterocycles. The Morgan fingerprint density at radius 2 is 2.10 bits per heavy atom. The first-order valence-electron chi connectivity index (χ1n) is 6.92. The molecule has 0 fully saturated rings. The van der Waals surface area contributed by atoms with Crippen LogP contribution in [0.4, 0.5) is 4.39 Å². The monoisotopic (exact) mass is 309 g/mol. The Morgan fingerprint density at radius 3 is 2.71 bits per heavy atom. The molecule has 1 atom stereocenters. The molecule has 0 bridgehead atoms. The van der Waals surface area contributed by atoms with E-state index in [9.17, 15) is 9.18 Å². The van der Waals surface area contributed by atoms with Crippen LogP contribution in [-0.4, -0.2) is 23.7 Å². The molecule has 5 heteroatoms. The third kappa shape index (κ3) is 3.80. The van der Waals surface area contributed by atoms with E-state index in [2.05, 4.69) is 5.32 Å². The lowest BCUT2D eigenvalue weighted by Gasteiger charge is -2.30. The van der Waals surface area contributed by atoms with Gasteiger partial charge >= 0.3 is 0 Å². The fourth-order valence-electron chi connectivity index (χ4n) is 2.21. The maximum absolute atomic E-state index is 13.2. The number of aliphatic hydroxyl groups is 1. The number of thiophene rings is 1. The zero-order chi connectivity index (χ0) is 15.6. The summed E-state index contributed by atoms with van der Waals surface area (Å²) >= 11 is 1.34. The van der Waals surface area contributed by atoms with Crippen molar-refractivity contribution in [1.29, 1.82) is 0 Å². The number of hydrogen-bond donors (Lipinski definition) is 2. The first-order valence-corrected chi connectivity index (χ1v) is 7.74. The van der Waals surface area contributed by atoms with Gasteiger partial charge in [-0.25, -0.2) is 4.39 Å². The molecule has 2 aromatic rings. The van der Waals surface area contributed by atoms with Gasteiger partial charge in [-0.15, -0.1) is 11.3 Å². The van der Waals surface area contributed by atoms with Gasteiger partial charge in [0.05, 0.1) is 4.88 Å². The lowest BCUT2D eigenvalue weighted by Crippen LogP contribution is -2.44. The number of carbonyl (C=O) groups excluding carboxylic acids is 1. The van der Waals surface area contributed by atoms with Gasteiger partial charge in [0.2, 0.25) is 0 Å². The summed E-state index contributed by atoms with van der Waals surface area (Å²) in [5.74, 6) is -0.481. The molecule has 3 nitrogen and oxygen atoms in total. The standard InChI is InChI=1S/C16H20FNO2S/c1-16(2,3)14(6-7-19)18-15(20)13-9-10-8-11(17)4-5-12(10)21-13/h4-5,8-9,14,19H,6-7H2,1-3H3,(H,18,20). The normalized spacial score (nSPS) is 13.4.